The fraction of sp³-hybridized carbons (Fsp3) is 0.440. The van der Waals surface area contributed by atoms with Gasteiger partial charge in [-0.1, -0.05) is 11.2 Å². The Bertz CT molecular complexity index is 1470. The molecular weight excluding hydrogens is 492 g/mol. The number of aromatic nitrogens is 3. The van der Waals surface area contributed by atoms with Crippen molar-refractivity contribution in [1.29, 1.82) is 5.26 Å². The van der Waals surface area contributed by atoms with Gasteiger partial charge in [0.1, 0.15) is 29.0 Å². The monoisotopic (exact) mass is 514 g/mol. The molecular formula is C25H22F4N6O2. The highest BCUT2D eigenvalue weighted by Crippen LogP contribution is 2.78. The molecule has 2 bridgehead atoms. The highest BCUT2D eigenvalue weighted by atomic mass is 19.4. The third-order valence-corrected chi connectivity index (χ3v) is 8.12. The van der Waals surface area contributed by atoms with Gasteiger partial charge in [-0.15, -0.1) is 0 Å². The molecule has 2 aromatic heterocycles. The number of hydrogen-bond donors (Lipinski definition) is 2. The van der Waals surface area contributed by atoms with Crippen molar-refractivity contribution in [2.75, 3.05) is 11.1 Å². The molecule has 192 valence electrons. The van der Waals surface area contributed by atoms with Crippen molar-refractivity contribution < 1.29 is 26.9 Å². The molecule has 2 heterocycles. The van der Waals surface area contributed by atoms with Crippen LogP contribution in [-0.2, 0) is 22.2 Å². The molecule has 8 nitrogen and oxygen atoms in total. The lowest BCUT2D eigenvalue weighted by Crippen LogP contribution is -2.70. The Morgan fingerprint density at radius 2 is 1.97 bits per heavy atom. The Kier molecular flexibility index (Phi) is 4.66. The largest absolute Gasteiger partial charge is 0.394 e. The summed E-state index contributed by atoms with van der Waals surface area (Å²) in [4.78, 5) is 12.5. The molecule has 0 radical (unpaired) electrons. The van der Waals surface area contributed by atoms with Gasteiger partial charge < -0.3 is 10.3 Å². The van der Waals surface area contributed by atoms with Crippen molar-refractivity contribution in [1.82, 2.24) is 14.9 Å². The van der Waals surface area contributed by atoms with E-state index < -0.39 is 28.7 Å². The summed E-state index contributed by atoms with van der Waals surface area (Å²) in [6.45, 7) is 1.96. The van der Waals surface area contributed by atoms with Crippen LogP contribution >= 0.6 is 0 Å². The lowest BCUT2D eigenvalue weighted by atomic mass is 9.34. The van der Waals surface area contributed by atoms with Crippen molar-refractivity contribution in [3.8, 4) is 17.3 Å². The van der Waals surface area contributed by atoms with Gasteiger partial charge in [-0.2, -0.15) is 23.5 Å². The SMILES string of the molecule is CC1(n2nc(-c3ccc(CC(=O)Nc4cc(C56CC(C(F)(F)F)(C5)C6)no4)cc3F)c(C#N)c2N)CC1. The number of alkyl halides is 3. The van der Waals surface area contributed by atoms with Crippen LogP contribution in [-0.4, -0.2) is 27.0 Å². The van der Waals surface area contributed by atoms with E-state index in [1.54, 1.807) is 10.7 Å². The lowest BCUT2D eigenvalue weighted by Gasteiger charge is -2.69. The summed E-state index contributed by atoms with van der Waals surface area (Å²) in [5, 5.41) is 20.4. The quantitative estimate of drug-likeness (QED) is 0.456. The Hall–Kier alpha value is -3.88. The van der Waals surface area contributed by atoms with Gasteiger partial charge in [-0.05, 0) is 56.7 Å². The van der Waals surface area contributed by atoms with E-state index in [1.807, 2.05) is 13.0 Å². The van der Waals surface area contributed by atoms with E-state index in [4.69, 9.17) is 10.3 Å². The Balaban J connectivity index is 1.13. The van der Waals surface area contributed by atoms with Crippen LogP contribution in [0.2, 0.25) is 0 Å². The second kappa shape index (κ2) is 7.34. The van der Waals surface area contributed by atoms with Crippen LogP contribution in [0.25, 0.3) is 11.3 Å². The van der Waals surface area contributed by atoms with Gasteiger partial charge in [-0.25, -0.2) is 9.07 Å². The van der Waals surface area contributed by atoms with Crippen LogP contribution < -0.4 is 11.1 Å². The van der Waals surface area contributed by atoms with Crippen LogP contribution in [0.5, 0.6) is 0 Å². The Labute approximate surface area is 208 Å². The molecule has 12 heteroatoms. The zero-order valence-corrected chi connectivity index (χ0v) is 19.7. The predicted molar refractivity (Wildman–Crippen MR) is 122 cm³/mol. The summed E-state index contributed by atoms with van der Waals surface area (Å²) < 4.78 is 61.0. The highest BCUT2D eigenvalue weighted by Gasteiger charge is 2.79. The van der Waals surface area contributed by atoms with E-state index in [9.17, 15) is 23.2 Å². The molecule has 4 saturated carbocycles. The third-order valence-electron chi connectivity index (χ3n) is 8.12. The second-order valence-electron chi connectivity index (χ2n) is 10.8. The van der Waals surface area contributed by atoms with Crippen molar-refractivity contribution in [3.63, 3.8) is 0 Å². The number of benzene rings is 1. The number of anilines is 2. The van der Waals surface area contributed by atoms with Crippen molar-refractivity contribution in [2.24, 2.45) is 5.41 Å². The highest BCUT2D eigenvalue weighted by molar-refractivity contribution is 5.91. The minimum absolute atomic E-state index is 0.0221. The van der Waals surface area contributed by atoms with E-state index in [0.717, 1.165) is 12.8 Å². The average molecular weight is 514 g/mol. The molecule has 0 aliphatic heterocycles. The number of nitrogen functional groups attached to an aromatic ring is 1. The molecule has 3 N–H and O–H groups in total. The summed E-state index contributed by atoms with van der Waals surface area (Å²) in [6, 6.07) is 7.65. The maximum Gasteiger partial charge on any atom is 0.394 e. The molecule has 1 amide bonds. The molecule has 4 fully saturated rings. The molecule has 7 rings (SSSR count). The number of hydrogen-bond acceptors (Lipinski definition) is 6. The number of nitriles is 1. The molecule has 0 atom stereocenters. The van der Waals surface area contributed by atoms with E-state index in [2.05, 4.69) is 15.6 Å². The average Bonchev–Trinajstić information content (AvgIpc) is 3.17. The summed E-state index contributed by atoms with van der Waals surface area (Å²) in [7, 11) is 0. The first-order valence-corrected chi connectivity index (χ1v) is 11.8. The summed E-state index contributed by atoms with van der Waals surface area (Å²) in [5.74, 6) is -0.945. The standard InChI is InChI=1S/C25H22F4N6O2/c1-22(4-5-22)35-21(31)15(9-30)20(33-35)14-3-2-13(6-16(14)26)7-18(36)32-19-8-17(34-37-19)23-10-24(11-23,12-23)25(27,28)29/h2-3,6,8H,4-5,7,10-12,31H2,1H3,(H,32,36). The van der Waals surface area contributed by atoms with E-state index in [1.165, 1.54) is 18.2 Å². The van der Waals surface area contributed by atoms with E-state index in [-0.39, 0.29) is 59.7 Å². The normalized spacial score (nSPS) is 25.1. The predicted octanol–water partition coefficient (Wildman–Crippen LogP) is 4.81. The molecule has 0 spiro atoms. The second-order valence-corrected chi connectivity index (χ2v) is 10.8. The molecule has 0 unspecified atom stereocenters. The topological polar surface area (TPSA) is 123 Å². The lowest BCUT2D eigenvalue weighted by molar-refractivity contribution is -0.338. The van der Waals surface area contributed by atoms with E-state index >= 15 is 4.39 Å². The van der Waals surface area contributed by atoms with Crippen molar-refractivity contribution in [3.05, 3.63) is 46.9 Å². The van der Waals surface area contributed by atoms with Crippen LogP contribution in [0.1, 0.15) is 55.8 Å². The summed E-state index contributed by atoms with van der Waals surface area (Å²) in [5.41, 5.74) is 4.69. The van der Waals surface area contributed by atoms with Crippen LogP contribution in [0.15, 0.2) is 28.8 Å². The van der Waals surface area contributed by atoms with Crippen LogP contribution in [0.3, 0.4) is 0 Å². The number of carbonyl (C=O) groups is 1. The number of nitrogens with two attached hydrogens (primary N) is 1. The van der Waals surface area contributed by atoms with Gasteiger partial charge >= 0.3 is 6.18 Å². The Morgan fingerprint density at radius 3 is 2.57 bits per heavy atom. The minimum atomic E-state index is -4.22. The van der Waals surface area contributed by atoms with Gasteiger partial charge in [0.05, 0.1) is 23.1 Å². The zero-order valence-electron chi connectivity index (χ0n) is 19.7. The first-order valence-electron chi connectivity index (χ1n) is 11.8. The van der Waals surface area contributed by atoms with E-state index in [0.29, 0.717) is 11.3 Å². The minimum Gasteiger partial charge on any atom is -0.383 e. The first kappa shape index (κ1) is 23.5. The van der Waals surface area contributed by atoms with Gasteiger partial charge in [0, 0.05) is 17.0 Å². The molecule has 0 saturated heterocycles. The molecule has 3 aromatic rings. The smallest absolute Gasteiger partial charge is 0.383 e. The first-order chi connectivity index (χ1) is 17.4. The maximum atomic E-state index is 15.0. The number of amides is 1. The van der Waals surface area contributed by atoms with Crippen LogP contribution in [0, 0.1) is 22.6 Å². The van der Waals surface area contributed by atoms with Gasteiger partial charge in [0.25, 0.3) is 0 Å². The Morgan fingerprint density at radius 1 is 1.27 bits per heavy atom. The van der Waals surface area contributed by atoms with Crippen molar-refractivity contribution >= 4 is 17.6 Å². The van der Waals surface area contributed by atoms with Gasteiger partial charge in [0.15, 0.2) is 0 Å². The van der Waals surface area contributed by atoms with Crippen molar-refractivity contribution in [2.45, 2.75) is 62.6 Å². The molecule has 1 aromatic carbocycles. The zero-order chi connectivity index (χ0) is 26.4. The summed E-state index contributed by atoms with van der Waals surface area (Å²) >= 11 is 0. The fourth-order valence-corrected chi connectivity index (χ4v) is 5.71. The molecule has 37 heavy (non-hydrogen) atoms. The fourth-order valence-electron chi connectivity index (χ4n) is 5.71. The van der Waals surface area contributed by atoms with Gasteiger partial charge in [0.2, 0.25) is 11.8 Å². The molecule has 4 aliphatic rings. The maximum absolute atomic E-state index is 15.0. The number of rotatable bonds is 6. The molecule has 4 aliphatic carbocycles. The van der Waals surface area contributed by atoms with Gasteiger partial charge in [-0.3, -0.25) is 10.1 Å². The number of carbonyl (C=O) groups excluding carboxylic acids is 1. The number of nitrogens with one attached hydrogen (secondary N) is 1. The van der Waals surface area contributed by atoms with Crippen LogP contribution in [0.4, 0.5) is 29.3 Å². The third kappa shape index (κ3) is 3.43. The number of nitrogens with zero attached hydrogens (tertiary/aromatic N) is 4. The number of halogens is 4. The summed E-state index contributed by atoms with van der Waals surface area (Å²) in [6.07, 6.45) is -2.75.